The van der Waals surface area contributed by atoms with Gasteiger partial charge in [0.15, 0.2) is 0 Å². The monoisotopic (exact) mass is 393 g/mol. The number of hydrogen-bond acceptors (Lipinski definition) is 5. The van der Waals surface area contributed by atoms with Gasteiger partial charge in [0.2, 0.25) is 0 Å². The van der Waals surface area contributed by atoms with Gasteiger partial charge in [-0.2, -0.15) is 0 Å². The van der Waals surface area contributed by atoms with E-state index in [2.05, 4.69) is 41.8 Å². The van der Waals surface area contributed by atoms with Gasteiger partial charge in [-0.05, 0) is 37.1 Å². The van der Waals surface area contributed by atoms with Crippen molar-refractivity contribution in [2.45, 2.75) is 20.0 Å². The molecule has 2 amide bonds. The largest absolute Gasteiger partial charge is 0.390 e. The Hall–Kier alpha value is -2.70. The maximum absolute atomic E-state index is 12.5. The quantitative estimate of drug-likeness (QED) is 0.788. The normalized spacial score (nSPS) is 18.3. The summed E-state index contributed by atoms with van der Waals surface area (Å²) in [6.45, 7) is 8.23. The minimum absolute atomic E-state index is 0.0312. The Kier molecular flexibility index (Phi) is 5.39. The molecule has 2 aromatic rings. The molecule has 2 heterocycles. The Balaban J connectivity index is 1.32. The number of β-amino-alcohol motifs (C(OH)–C–C–N with tert-alkyl or cyclic N) is 1. The first-order chi connectivity index (χ1) is 14.0. The minimum Gasteiger partial charge on any atom is -0.390 e. The van der Waals surface area contributed by atoms with Crippen LogP contribution in [0.3, 0.4) is 0 Å². The lowest BCUT2D eigenvalue weighted by molar-refractivity contribution is 0.0469. The van der Waals surface area contributed by atoms with E-state index in [1.54, 1.807) is 24.3 Å². The van der Waals surface area contributed by atoms with E-state index in [1.165, 1.54) is 21.7 Å². The summed E-state index contributed by atoms with van der Waals surface area (Å²) in [4.78, 5) is 30.7. The molecule has 0 aliphatic carbocycles. The van der Waals surface area contributed by atoms with Gasteiger partial charge in [0.25, 0.3) is 11.8 Å². The van der Waals surface area contributed by atoms with Crippen LogP contribution >= 0.6 is 0 Å². The van der Waals surface area contributed by atoms with Crippen molar-refractivity contribution in [1.29, 1.82) is 0 Å². The predicted octanol–water partition coefficient (Wildman–Crippen LogP) is 2.08. The molecule has 0 saturated carbocycles. The summed E-state index contributed by atoms with van der Waals surface area (Å²) in [5.74, 6) is -0.631. The second-order valence-electron chi connectivity index (χ2n) is 7.95. The van der Waals surface area contributed by atoms with Crippen LogP contribution in [0, 0.1) is 13.8 Å². The van der Waals surface area contributed by atoms with E-state index >= 15 is 0 Å². The fourth-order valence-corrected chi connectivity index (χ4v) is 4.43. The van der Waals surface area contributed by atoms with Gasteiger partial charge < -0.3 is 10.0 Å². The van der Waals surface area contributed by atoms with Gasteiger partial charge >= 0.3 is 0 Å². The number of rotatable bonds is 5. The Morgan fingerprint density at radius 1 is 0.828 bits per heavy atom. The molecule has 152 valence electrons. The molecule has 6 heteroatoms. The van der Waals surface area contributed by atoms with Gasteiger partial charge in [-0.15, -0.1) is 0 Å². The van der Waals surface area contributed by atoms with E-state index < -0.39 is 6.10 Å². The Bertz CT molecular complexity index is 879. The first kappa shape index (κ1) is 19.6. The number of amides is 2. The summed E-state index contributed by atoms with van der Waals surface area (Å²) in [5.41, 5.74) is 4.71. The third kappa shape index (κ3) is 3.78. The number of nitrogens with zero attached hydrogens (tertiary/aromatic N) is 3. The molecule has 0 bridgehead atoms. The van der Waals surface area contributed by atoms with Crippen LogP contribution in [0.4, 0.5) is 5.69 Å². The Labute approximate surface area is 171 Å². The average Bonchev–Trinajstić information content (AvgIpc) is 2.94. The number of hydrogen-bond donors (Lipinski definition) is 1. The molecule has 29 heavy (non-hydrogen) atoms. The molecule has 1 saturated heterocycles. The van der Waals surface area contributed by atoms with Crippen LogP contribution in [0.2, 0.25) is 0 Å². The molecule has 1 N–H and O–H groups in total. The summed E-state index contributed by atoms with van der Waals surface area (Å²) in [6, 6.07) is 13.2. The zero-order valence-corrected chi connectivity index (χ0v) is 17.0. The van der Waals surface area contributed by atoms with Gasteiger partial charge in [0.1, 0.15) is 0 Å². The number of para-hydroxylation sites is 1. The Morgan fingerprint density at radius 2 is 1.38 bits per heavy atom. The lowest BCUT2D eigenvalue weighted by Crippen LogP contribution is -2.50. The van der Waals surface area contributed by atoms with Gasteiger partial charge in [0, 0.05) is 38.4 Å². The number of aliphatic hydroxyl groups is 1. The van der Waals surface area contributed by atoms with Gasteiger partial charge in [-0.1, -0.05) is 30.3 Å². The average molecular weight is 393 g/mol. The third-order valence-corrected chi connectivity index (χ3v) is 5.87. The highest BCUT2D eigenvalue weighted by Gasteiger charge is 2.36. The molecule has 4 rings (SSSR count). The molecule has 6 nitrogen and oxygen atoms in total. The van der Waals surface area contributed by atoms with Gasteiger partial charge in [-0.25, -0.2) is 0 Å². The third-order valence-electron chi connectivity index (χ3n) is 5.87. The number of benzene rings is 2. The summed E-state index contributed by atoms with van der Waals surface area (Å²) in [6.07, 6.45) is -0.760. The van der Waals surface area contributed by atoms with Crippen LogP contribution in [0.15, 0.2) is 42.5 Å². The van der Waals surface area contributed by atoms with E-state index in [9.17, 15) is 14.7 Å². The van der Waals surface area contributed by atoms with Crippen LogP contribution in [-0.2, 0) is 0 Å². The maximum atomic E-state index is 12.5. The molecule has 2 aliphatic heterocycles. The number of anilines is 1. The van der Waals surface area contributed by atoms with E-state index in [0.717, 1.165) is 26.2 Å². The number of aryl methyl sites for hydroxylation is 2. The fourth-order valence-electron chi connectivity index (χ4n) is 4.43. The molecule has 1 unspecified atom stereocenters. The summed E-state index contributed by atoms with van der Waals surface area (Å²) < 4.78 is 0. The van der Waals surface area contributed by atoms with Gasteiger partial charge in [-0.3, -0.25) is 19.4 Å². The van der Waals surface area contributed by atoms with Crippen molar-refractivity contribution in [1.82, 2.24) is 9.80 Å². The van der Waals surface area contributed by atoms with Crippen molar-refractivity contribution in [2.24, 2.45) is 0 Å². The molecule has 0 aromatic heterocycles. The lowest BCUT2D eigenvalue weighted by Gasteiger charge is -2.38. The van der Waals surface area contributed by atoms with Gasteiger partial charge in [0.05, 0.1) is 23.8 Å². The molecular formula is C23H27N3O3. The van der Waals surface area contributed by atoms with Crippen molar-refractivity contribution in [3.63, 3.8) is 0 Å². The highest BCUT2D eigenvalue weighted by atomic mass is 16.3. The second-order valence-corrected chi connectivity index (χ2v) is 7.95. The number of aliphatic hydroxyl groups excluding tert-OH is 1. The fraction of sp³-hybridized carbons (Fsp3) is 0.391. The second kappa shape index (κ2) is 7.97. The number of imide groups is 1. The standard InChI is InChI=1S/C23H27N3O3/c1-16-6-5-7-17(2)21(16)25-12-10-24(11-13-25)14-18(27)15-26-22(28)19-8-3-4-9-20(19)23(26)29/h3-9,18,27H,10-15H2,1-2H3. The first-order valence-corrected chi connectivity index (χ1v) is 10.1. The van der Waals surface area contributed by atoms with Crippen LogP contribution < -0.4 is 4.90 Å². The molecule has 0 spiro atoms. The van der Waals surface area contributed by atoms with Crippen molar-refractivity contribution in [3.8, 4) is 0 Å². The summed E-state index contributed by atoms with van der Waals surface area (Å²) >= 11 is 0. The first-order valence-electron chi connectivity index (χ1n) is 10.1. The maximum Gasteiger partial charge on any atom is 0.261 e. The Morgan fingerprint density at radius 3 is 1.93 bits per heavy atom. The molecular weight excluding hydrogens is 366 g/mol. The predicted molar refractivity (Wildman–Crippen MR) is 112 cm³/mol. The minimum atomic E-state index is -0.760. The van der Waals surface area contributed by atoms with Crippen molar-refractivity contribution < 1.29 is 14.7 Å². The topological polar surface area (TPSA) is 64.1 Å². The molecule has 2 aliphatic rings. The zero-order valence-electron chi connectivity index (χ0n) is 17.0. The van der Waals surface area contributed by atoms with Crippen molar-refractivity contribution in [2.75, 3.05) is 44.2 Å². The number of carbonyl (C=O) groups is 2. The molecule has 2 aromatic carbocycles. The smallest absolute Gasteiger partial charge is 0.261 e. The van der Waals surface area contributed by atoms with Crippen LogP contribution in [0.5, 0.6) is 0 Å². The number of piperazine rings is 1. The number of fused-ring (bicyclic) bond motifs is 1. The zero-order chi connectivity index (χ0) is 20.5. The van der Waals surface area contributed by atoms with Crippen molar-refractivity contribution in [3.05, 3.63) is 64.7 Å². The number of carbonyl (C=O) groups excluding carboxylic acids is 2. The van der Waals surface area contributed by atoms with Crippen LogP contribution in [0.25, 0.3) is 0 Å². The van der Waals surface area contributed by atoms with E-state index in [-0.39, 0.29) is 18.4 Å². The highest BCUT2D eigenvalue weighted by Crippen LogP contribution is 2.26. The summed E-state index contributed by atoms with van der Waals surface area (Å²) in [7, 11) is 0. The molecule has 1 atom stereocenters. The summed E-state index contributed by atoms with van der Waals surface area (Å²) in [5, 5.41) is 10.5. The highest BCUT2D eigenvalue weighted by molar-refractivity contribution is 6.21. The van der Waals surface area contributed by atoms with Crippen molar-refractivity contribution >= 4 is 17.5 Å². The van der Waals surface area contributed by atoms with E-state index in [1.807, 2.05) is 0 Å². The van der Waals surface area contributed by atoms with E-state index in [4.69, 9.17) is 0 Å². The van der Waals surface area contributed by atoms with Crippen LogP contribution in [0.1, 0.15) is 31.8 Å². The SMILES string of the molecule is Cc1cccc(C)c1N1CCN(CC(O)CN2C(=O)c3ccccc3C2=O)CC1. The molecule has 0 radical (unpaired) electrons. The van der Waals surface area contributed by atoms with E-state index in [0.29, 0.717) is 17.7 Å². The lowest BCUT2D eigenvalue weighted by atomic mass is 10.1. The van der Waals surface area contributed by atoms with Crippen LogP contribution in [-0.4, -0.2) is 72.1 Å². The molecule has 1 fully saturated rings.